The van der Waals surface area contributed by atoms with E-state index in [4.69, 9.17) is 4.74 Å². The number of rotatable bonds is 3. The SMILES string of the molecule is C1=CC(/C=C/c2cccs2)=CCC1.CC.CC1CCCC(C=O)O1. The van der Waals surface area contributed by atoms with Crippen molar-refractivity contribution in [3.8, 4) is 0 Å². The molecule has 1 saturated heterocycles. The highest BCUT2D eigenvalue weighted by Gasteiger charge is 2.17. The Morgan fingerprint density at radius 3 is 2.58 bits per heavy atom. The second kappa shape index (κ2) is 12.9. The minimum Gasteiger partial charge on any atom is -0.368 e. The summed E-state index contributed by atoms with van der Waals surface area (Å²) in [7, 11) is 0. The first-order valence-corrected chi connectivity index (χ1v) is 9.85. The third kappa shape index (κ3) is 8.42. The first-order valence-electron chi connectivity index (χ1n) is 8.97. The number of carbonyl (C=O) groups is 1. The largest absolute Gasteiger partial charge is 0.368 e. The Morgan fingerprint density at radius 2 is 2.04 bits per heavy atom. The van der Waals surface area contributed by atoms with Gasteiger partial charge in [-0.15, -0.1) is 11.3 Å². The Bertz CT molecular complexity index is 526. The molecule has 1 aliphatic carbocycles. The van der Waals surface area contributed by atoms with E-state index in [2.05, 4.69) is 47.9 Å². The lowest BCUT2D eigenvalue weighted by molar-refractivity contribution is -0.125. The van der Waals surface area contributed by atoms with E-state index in [1.807, 2.05) is 20.8 Å². The molecule has 3 rings (SSSR count). The number of allylic oxidation sites excluding steroid dienone is 5. The van der Waals surface area contributed by atoms with Crippen LogP contribution >= 0.6 is 11.3 Å². The normalized spacial score (nSPS) is 22.7. The molecule has 2 nitrogen and oxygen atoms in total. The molecular formula is C21H30O2S. The summed E-state index contributed by atoms with van der Waals surface area (Å²) in [5, 5.41) is 2.10. The van der Waals surface area contributed by atoms with E-state index in [-0.39, 0.29) is 12.2 Å². The molecule has 2 aliphatic rings. The predicted molar refractivity (Wildman–Crippen MR) is 105 cm³/mol. The fraction of sp³-hybridized carbons (Fsp3) is 0.476. The van der Waals surface area contributed by atoms with Crippen molar-refractivity contribution in [3.63, 3.8) is 0 Å². The van der Waals surface area contributed by atoms with Gasteiger partial charge >= 0.3 is 0 Å². The molecule has 2 heterocycles. The molecule has 1 aromatic heterocycles. The Morgan fingerprint density at radius 1 is 1.21 bits per heavy atom. The first-order chi connectivity index (χ1) is 11.8. The molecule has 3 heteroatoms. The third-order valence-electron chi connectivity index (χ3n) is 3.67. The van der Waals surface area contributed by atoms with Gasteiger partial charge in [0.1, 0.15) is 12.4 Å². The third-order valence-corrected chi connectivity index (χ3v) is 4.50. The van der Waals surface area contributed by atoms with Crippen LogP contribution in [0.5, 0.6) is 0 Å². The van der Waals surface area contributed by atoms with Crippen LogP contribution in [0.25, 0.3) is 6.08 Å². The van der Waals surface area contributed by atoms with Gasteiger partial charge in [-0.3, -0.25) is 0 Å². The minimum atomic E-state index is -0.117. The zero-order chi connectivity index (χ0) is 17.6. The van der Waals surface area contributed by atoms with Crippen molar-refractivity contribution in [2.45, 2.75) is 65.1 Å². The van der Waals surface area contributed by atoms with Crippen molar-refractivity contribution in [2.75, 3.05) is 0 Å². The van der Waals surface area contributed by atoms with Crippen molar-refractivity contribution < 1.29 is 9.53 Å². The molecule has 132 valence electrons. The highest BCUT2D eigenvalue weighted by Crippen LogP contribution is 2.16. The van der Waals surface area contributed by atoms with Crippen LogP contribution in [0.3, 0.4) is 0 Å². The smallest absolute Gasteiger partial charge is 0.148 e. The molecule has 0 aromatic carbocycles. The maximum Gasteiger partial charge on any atom is 0.148 e. The molecule has 1 aliphatic heterocycles. The molecule has 0 radical (unpaired) electrons. The second-order valence-electron chi connectivity index (χ2n) is 5.58. The van der Waals surface area contributed by atoms with Gasteiger partial charge in [-0.1, -0.05) is 44.2 Å². The highest BCUT2D eigenvalue weighted by atomic mass is 32.1. The molecule has 2 unspecified atom stereocenters. The molecule has 0 amide bonds. The van der Waals surface area contributed by atoms with E-state index in [0.717, 1.165) is 25.5 Å². The van der Waals surface area contributed by atoms with Crippen molar-refractivity contribution >= 4 is 23.7 Å². The van der Waals surface area contributed by atoms with Gasteiger partial charge in [-0.25, -0.2) is 0 Å². The van der Waals surface area contributed by atoms with Gasteiger partial charge in [0, 0.05) is 4.88 Å². The number of thiophene rings is 1. The summed E-state index contributed by atoms with van der Waals surface area (Å²) < 4.78 is 5.27. The lowest BCUT2D eigenvalue weighted by atomic mass is 10.1. The molecule has 0 saturated carbocycles. The molecule has 2 atom stereocenters. The average molecular weight is 347 g/mol. The zero-order valence-electron chi connectivity index (χ0n) is 15.1. The maximum absolute atomic E-state index is 10.2. The van der Waals surface area contributed by atoms with E-state index < -0.39 is 0 Å². The fourth-order valence-corrected chi connectivity index (χ4v) is 3.08. The summed E-state index contributed by atoms with van der Waals surface area (Å²) in [6.45, 7) is 6.01. The van der Waals surface area contributed by atoms with Crippen molar-refractivity contribution in [2.24, 2.45) is 0 Å². The maximum atomic E-state index is 10.2. The summed E-state index contributed by atoms with van der Waals surface area (Å²) in [6, 6.07) is 4.21. The molecular weight excluding hydrogens is 316 g/mol. The van der Waals surface area contributed by atoms with Gasteiger partial charge in [0.15, 0.2) is 0 Å². The molecule has 0 bridgehead atoms. The van der Waals surface area contributed by atoms with Gasteiger partial charge < -0.3 is 9.53 Å². The monoisotopic (exact) mass is 346 g/mol. The molecule has 1 aromatic rings. The van der Waals surface area contributed by atoms with Gasteiger partial charge in [-0.05, 0) is 62.1 Å². The molecule has 24 heavy (non-hydrogen) atoms. The summed E-state index contributed by atoms with van der Waals surface area (Å²) in [5.41, 5.74) is 1.33. The summed E-state index contributed by atoms with van der Waals surface area (Å²) >= 11 is 1.77. The van der Waals surface area contributed by atoms with Crippen molar-refractivity contribution in [3.05, 3.63) is 52.3 Å². The molecule has 0 N–H and O–H groups in total. The lowest BCUT2D eigenvalue weighted by Crippen LogP contribution is -2.26. The number of aldehydes is 1. The van der Waals surface area contributed by atoms with Crippen LogP contribution in [-0.2, 0) is 9.53 Å². The Balaban J connectivity index is 0.000000230. The van der Waals surface area contributed by atoms with E-state index in [1.165, 1.54) is 23.3 Å². The summed E-state index contributed by atoms with van der Waals surface area (Å²) in [4.78, 5) is 11.5. The van der Waals surface area contributed by atoms with Crippen molar-refractivity contribution in [1.29, 1.82) is 0 Å². The molecule has 1 fully saturated rings. The van der Waals surface area contributed by atoms with Gasteiger partial charge in [-0.2, -0.15) is 0 Å². The number of hydrogen-bond acceptors (Lipinski definition) is 3. The van der Waals surface area contributed by atoms with E-state index in [0.29, 0.717) is 0 Å². The standard InChI is InChI=1S/C12H12S.C7H12O2.C2H6/c1-2-5-11(6-3-1)8-9-12-7-4-10-13-12;1-6-3-2-4-7(5-8)9-6;1-2/h2,4-10H,1,3H2;5-7H,2-4H2,1H3;1-2H3/b9-8+;;. The van der Waals surface area contributed by atoms with E-state index in [9.17, 15) is 4.79 Å². The lowest BCUT2D eigenvalue weighted by Gasteiger charge is -2.23. The summed E-state index contributed by atoms with van der Waals surface area (Å²) in [5.74, 6) is 0. The van der Waals surface area contributed by atoms with Crippen LogP contribution in [-0.4, -0.2) is 18.5 Å². The Hall–Kier alpha value is -1.45. The second-order valence-corrected chi connectivity index (χ2v) is 6.56. The number of hydrogen-bond donors (Lipinski definition) is 0. The van der Waals surface area contributed by atoms with Crippen LogP contribution in [0.4, 0.5) is 0 Å². The van der Waals surface area contributed by atoms with Gasteiger partial charge in [0.2, 0.25) is 0 Å². The first kappa shape index (κ1) is 20.6. The van der Waals surface area contributed by atoms with Gasteiger partial charge in [0.05, 0.1) is 6.10 Å². The Labute approximate surface area is 150 Å². The van der Waals surface area contributed by atoms with Crippen LogP contribution in [0.2, 0.25) is 0 Å². The van der Waals surface area contributed by atoms with Crippen LogP contribution in [0, 0.1) is 0 Å². The van der Waals surface area contributed by atoms with E-state index >= 15 is 0 Å². The highest BCUT2D eigenvalue weighted by molar-refractivity contribution is 7.10. The topological polar surface area (TPSA) is 26.3 Å². The van der Waals surface area contributed by atoms with Crippen LogP contribution < -0.4 is 0 Å². The fourth-order valence-electron chi connectivity index (χ4n) is 2.46. The molecule has 0 spiro atoms. The van der Waals surface area contributed by atoms with Crippen LogP contribution in [0.1, 0.15) is 57.8 Å². The van der Waals surface area contributed by atoms with Crippen LogP contribution in [0.15, 0.2) is 47.4 Å². The minimum absolute atomic E-state index is 0.117. The van der Waals surface area contributed by atoms with E-state index in [1.54, 1.807) is 11.3 Å². The van der Waals surface area contributed by atoms with Gasteiger partial charge in [0.25, 0.3) is 0 Å². The summed E-state index contributed by atoms with van der Waals surface area (Å²) in [6.07, 6.45) is 17.6. The Kier molecular flexibility index (Phi) is 11.1. The zero-order valence-corrected chi connectivity index (χ0v) is 15.9. The quantitative estimate of drug-likeness (QED) is 0.608. The van der Waals surface area contributed by atoms with Crippen molar-refractivity contribution in [1.82, 2.24) is 0 Å². The predicted octanol–water partition coefficient (Wildman–Crippen LogP) is 6.21. The number of carbonyl (C=O) groups excluding carboxylic acids is 1. The average Bonchev–Trinajstić information content (AvgIpc) is 3.17. The number of ether oxygens (including phenoxy) is 1.